The number of anilines is 3. The average Bonchev–Trinajstić information content (AvgIpc) is 3.34. The molecule has 0 saturated carbocycles. The zero-order valence-electron chi connectivity index (χ0n) is 21.7. The van der Waals surface area contributed by atoms with Gasteiger partial charge in [-0.15, -0.1) is 0 Å². The molecule has 0 fully saturated rings. The molecule has 2 heteroatoms. The Morgan fingerprint density at radius 1 is 0.487 bits per heavy atom. The van der Waals surface area contributed by atoms with E-state index in [0.717, 1.165) is 44.9 Å². The van der Waals surface area contributed by atoms with Crippen LogP contribution in [0.25, 0.3) is 44.2 Å². The molecule has 0 unspecified atom stereocenters. The molecule has 1 aromatic heterocycles. The Morgan fingerprint density at radius 3 is 1.95 bits per heavy atom. The van der Waals surface area contributed by atoms with Gasteiger partial charge in [-0.05, 0) is 71.3 Å². The maximum absolute atomic E-state index is 6.31. The molecule has 7 rings (SSSR count). The number of para-hydroxylation sites is 2. The van der Waals surface area contributed by atoms with Crippen LogP contribution in [0.2, 0.25) is 0 Å². The minimum atomic E-state index is 0.914. The molecule has 2 nitrogen and oxygen atoms in total. The maximum Gasteiger partial charge on any atom is 0.138 e. The summed E-state index contributed by atoms with van der Waals surface area (Å²) in [5.74, 6) is 0.914. The fourth-order valence-electron chi connectivity index (χ4n) is 5.53. The Labute approximate surface area is 228 Å². The number of nitrogens with zero attached hydrogens (tertiary/aromatic N) is 1. The summed E-state index contributed by atoms with van der Waals surface area (Å²) in [6.45, 7) is 2.13. The lowest BCUT2D eigenvalue weighted by Gasteiger charge is -2.26. The number of furan rings is 1. The van der Waals surface area contributed by atoms with Crippen LogP contribution in [0, 0.1) is 6.92 Å². The minimum absolute atomic E-state index is 0.914. The third-order valence-electron chi connectivity index (χ3n) is 7.45. The van der Waals surface area contributed by atoms with Crippen LogP contribution in [0.1, 0.15) is 5.56 Å². The number of hydrogen-bond acceptors (Lipinski definition) is 2. The van der Waals surface area contributed by atoms with Crippen LogP contribution < -0.4 is 4.90 Å². The highest BCUT2D eigenvalue weighted by molar-refractivity contribution is 5.97. The molecule has 1 heterocycles. The van der Waals surface area contributed by atoms with Crippen LogP contribution in [-0.2, 0) is 0 Å². The van der Waals surface area contributed by atoms with E-state index in [2.05, 4.69) is 145 Å². The van der Waals surface area contributed by atoms with Gasteiger partial charge in [-0.1, -0.05) is 103 Å². The van der Waals surface area contributed by atoms with Crippen molar-refractivity contribution in [2.75, 3.05) is 4.90 Å². The van der Waals surface area contributed by atoms with Crippen molar-refractivity contribution in [3.63, 3.8) is 0 Å². The number of hydrogen-bond donors (Lipinski definition) is 0. The second-order valence-corrected chi connectivity index (χ2v) is 9.85. The summed E-state index contributed by atoms with van der Waals surface area (Å²) in [6, 6.07) is 51.3. The molecule has 0 bridgehead atoms. The van der Waals surface area contributed by atoms with Crippen molar-refractivity contribution in [3.05, 3.63) is 151 Å². The van der Waals surface area contributed by atoms with Crippen LogP contribution in [0.5, 0.6) is 0 Å². The first-order valence-electron chi connectivity index (χ1n) is 13.3. The van der Waals surface area contributed by atoms with Crippen molar-refractivity contribution >= 4 is 38.8 Å². The Kier molecular flexibility index (Phi) is 5.71. The highest BCUT2D eigenvalue weighted by Gasteiger charge is 2.17. The first kappa shape index (κ1) is 23.1. The predicted molar refractivity (Wildman–Crippen MR) is 164 cm³/mol. The van der Waals surface area contributed by atoms with Gasteiger partial charge in [0.1, 0.15) is 11.3 Å². The molecule has 0 amide bonds. The van der Waals surface area contributed by atoms with Gasteiger partial charge in [0.25, 0.3) is 0 Å². The van der Waals surface area contributed by atoms with Crippen LogP contribution in [0.3, 0.4) is 0 Å². The fourth-order valence-corrected chi connectivity index (χ4v) is 5.53. The van der Waals surface area contributed by atoms with Gasteiger partial charge in [-0.2, -0.15) is 0 Å². The Hall–Kier alpha value is -5.08. The lowest BCUT2D eigenvalue weighted by molar-refractivity contribution is 0.629. The number of benzene rings is 6. The highest BCUT2D eigenvalue weighted by atomic mass is 16.3. The van der Waals surface area contributed by atoms with E-state index in [1.54, 1.807) is 0 Å². The number of rotatable bonds is 5. The van der Waals surface area contributed by atoms with E-state index in [1.807, 2.05) is 12.1 Å². The molecule has 0 spiro atoms. The largest absolute Gasteiger partial charge is 0.456 e. The summed E-state index contributed by atoms with van der Waals surface area (Å²) in [6.07, 6.45) is 0. The van der Waals surface area contributed by atoms with Crippen LogP contribution >= 0.6 is 0 Å². The molecule has 6 aromatic carbocycles. The van der Waals surface area contributed by atoms with Gasteiger partial charge in [0.05, 0.1) is 0 Å². The molecule has 186 valence electrons. The van der Waals surface area contributed by atoms with Gasteiger partial charge in [-0.25, -0.2) is 0 Å². The summed E-state index contributed by atoms with van der Waals surface area (Å²) in [5, 5.41) is 3.67. The zero-order chi connectivity index (χ0) is 26.2. The van der Waals surface area contributed by atoms with Gasteiger partial charge < -0.3 is 9.32 Å². The molecule has 0 saturated heterocycles. The van der Waals surface area contributed by atoms with Crippen LogP contribution in [0.4, 0.5) is 17.1 Å². The van der Waals surface area contributed by atoms with Crippen molar-refractivity contribution in [1.82, 2.24) is 0 Å². The van der Waals surface area contributed by atoms with Gasteiger partial charge in [0, 0.05) is 33.6 Å². The number of fused-ring (bicyclic) bond motifs is 2. The fraction of sp³-hybridized carbons (Fsp3) is 0.0270. The third kappa shape index (κ3) is 4.17. The van der Waals surface area contributed by atoms with Crippen LogP contribution in [-0.4, -0.2) is 0 Å². The van der Waals surface area contributed by atoms with E-state index >= 15 is 0 Å². The Balaban J connectivity index is 1.32. The maximum atomic E-state index is 6.31. The summed E-state index contributed by atoms with van der Waals surface area (Å²) in [4.78, 5) is 2.30. The second-order valence-electron chi connectivity index (χ2n) is 9.85. The van der Waals surface area contributed by atoms with E-state index in [0.29, 0.717) is 0 Å². The van der Waals surface area contributed by atoms with E-state index in [-0.39, 0.29) is 0 Å². The lowest BCUT2D eigenvalue weighted by atomic mass is 9.98. The summed E-state index contributed by atoms with van der Waals surface area (Å²) >= 11 is 0. The molecule has 0 aliphatic heterocycles. The average molecular weight is 502 g/mol. The first-order valence-corrected chi connectivity index (χ1v) is 13.3. The number of aryl methyl sites for hydroxylation is 1. The second kappa shape index (κ2) is 9.66. The summed E-state index contributed by atoms with van der Waals surface area (Å²) < 4.78 is 6.31. The van der Waals surface area contributed by atoms with Gasteiger partial charge >= 0.3 is 0 Å². The molecule has 0 N–H and O–H groups in total. The van der Waals surface area contributed by atoms with E-state index in [9.17, 15) is 0 Å². The van der Waals surface area contributed by atoms with Crippen molar-refractivity contribution in [3.8, 4) is 22.5 Å². The van der Waals surface area contributed by atoms with Crippen molar-refractivity contribution in [2.45, 2.75) is 6.92 Å². The SMILES string of the molecule is Cc1c(-c2cccc(N(c3ccccc3)c3ccc(-c4cccc5ccccc45)cc3)c2)oc2ccccc12. The molecule has 0 aliphatic carbocycles. The van der Waals surface area contributed by atoms with E-state index < -0.39 is 0 Å². The van der Waals surface area contributed by atoms with Crippen molar-refractivity contribution < 1.29 is 4.42 Å². The van der Waals surface area contributed by atoms with Crippen molar-refractivity contribution in [2.24, 2.45) is 0 Å². The summed E-state index contributed by atoms with van der Waals surface area (Å²) in [5.41, 5.74) is 8.87. The van der Waals surface area contributed by atoms with E-state index in [1.165, 1.54) is 21.9 Å². The lowest BCUT2D eigenvalue weighted by Crippen LogP contribution is -2.09. The quantitative estimate of drug-likeness (QED) is 0.233. The molecule has 0 atom stereocenters. The normalized spacial score (nSPS) is 11.2. The van der Waals surface area contributed by atoms with Gasteiger partial charge in [0.2, 0.25) is 0 Å². The first-order chi connectivity index (χ1) is 19.3. The van der Waals surface area contributed by atoms with E-state index in [4.69, 9.17) is 4.42 Å². The molecular weight excluding hydrogens is 474 g/mol. The zero-order valence-corrected chi connectivity index (χ0v) is 21.7. The summed E-state index contributed by atoms with van der Waals surface area (Å²) in [7, 11) is 0. The smallest absolute Gasteiger partial charge is 0.138 e. The molecule has 0 aliphatic rings. The molecular formula is C37H27NO. The third-order valence-corrected chi connectivity index (χ3v) is 7.45. The van der Waals surface area contributed by atoms with Gasteiger partial charge in [0.15, 0.2) is 0 Å². The topological polar surface area (TPSA) is 16.4 Å². The van der Waals surface area contributed by atoms with Crippen LogP contribution in [0.15, 0.2) is 150 Å². The Bertz CT molecular complexity index is 1910. The highest BCUT2D eigenvalue weighted by Crippen LogP contribution is 2.40. The van der Waals surface area contributed by atoms with Crippen molar-refractivity contribution in [1.29, 1.82) is 0 Å². The molecule has 0 radical (unpaired) electrons. The molecule has 7 aromatic rings. The van der Waals surface area contributed by atoms with Gasteiger partial charge in [-0.3, -0.25) is 0 Å². The Morgan fingerprint density at radius 2 is 1.13 bits per heavy atom. The monoisotopic (exact) mass is 501 g/mol. The molecule has 39 heavy (non-hydrogen) atoms. The standard InChI is InChI=1S/C37H27NO/c1-26-33-17-7-8-20-36(33)39-37(26)29-13-9-16-32(25-29)38(30-14-3-2-4-15-30)31-23-21-28(22-24-31)35-19-10-12-27-11-5-6-18-34(27)35/h2-25H,1H3. The minimum Gasteiger partial charge on any atom is -0.456 e. The predicted octanol–water partition coefficient (Wildman–Crippen LogP) is 10.7.